The SMILES string of the molecule is CCc1cnc2cc3c(cc2c1)C1CNCC3C1.Cl. The Morgan fingerprint density at radius 2 is 1.89 bits per heavy atom. The molecule has 2 aromatic rings. The summed E-state index contributed by atoms with van der Waals surface area (Å²) in [5.74, 6) is 1.45. The van der Waals surface area contributed by atoms with E-state index < -0.39 is 0 Å². The standard InChI is InChI=1S/C16H18N2.ClH/c1-2-10-3-11-5-14-12-4-13(9-17-8-12)15(14)6-16(11)18-7-10;/h3,5-7,12-13,17H,2,4,8-9H2,1H3;1H. The molecule has 1 saturated heterocycles. The molecule has 1 aromatic carbocycles. The third-order valence-corrected chi connectivity index (χ3v) is 4.58. The van der Waals surface area contributed by atoms with Gasteiger partial charge in [-0.2, -0.15) is 0 Å². The Morgan fingerprint density at radius 1 is 1.16 bits per heavy atom. The minimum atomic E-state index is 0. The Bertz CT molecular complexity index is 623. The van der Waals surface area contributed by atoms with Gasteiger partial charge in [-0.3, -0.25) is 4.98 Å². The fourth-order valence-electron chi connectivity index (χ4n) is 3.57. The number of halogens is 1. The van der Waals surface area contributed by atoms with Crippen LogP contribution in [0.2, 0.25) is 0 Å². The molecule has 1 fully saturated rings. The van der Waals surface area contributed by atoms with Crippen LogP contribution in [-0.2, 0) is 6.42 Å². The summed E-state index contributed by atoms with van der Waals surface area (Å²) in [6.45, 7) is 4.48. The maximum Gasteiger partial charge on any atom is 0.0705 e. The third kappa shape index (κ3) is 1.94. The molecule has 1 aliphatic carbocycles. The number of fused-ring (bicyclic) bond motifs is 6. The van der Waals surface area contributed by atoms with Gasteiger partial charge in [0.25, 0.3) is 0 Å². The number of rotatable bonds is 1. The second-order valence-corrected chi connectivity index (χ2v) is 5.66. The molecule has 1 N–H and O–H groups in total. The number of hydrogen-bond acceptors (Lipinski definition) is 2. The monoisotopic (exact) mass is 274 g/mol. The summed E-state index contributed by atoms with van der Waals surface area (Å²) in [4.78, 5) is 4.62. The van der Waals surface area contributed by atoms with Gasteiger partial charge >= 0.3 is 0 Å². The van der Waals surface area contributed by atoms with Crippen molar-refractivity contribution in [1.29, 1.82) is 0 Å². The number of pyridine rings is 1. The topological polar surface area (TPSA) is 24.9 Å². The predicted molar refractivity (Wildman–Crippen MR) is 81.3 cm³/mol. The number of hydrogen-bond donors (Lipinski definition) is 1. The van der Waals surface area contributed by atoms with E-state index in [1.807, 2.05) is 6.20 Å². The quantitative estimate of drug-likeness (QED) is 0.862. The average molecular weight is 275 g/mol. The van der Waals surface area contributed by atoms with Crippen molar-refractivity contribution in [3.8, 4) is 0 Å². The maximum absolute atomic E-state index is 4.62. The van der Waals surface area contributed by atoms with Crippen molar-refractivity contribution in [2.75, 3.05) is 13.1 Å². The molecule has 0 spiro atoms. The average Bonchev–Trinajstić information content (AvgIpc) is 2.67. The molecule has 2 nitrogen and oxygen atoms in total. The number of aromatic nitrogens is 1. The highest BCUT2D eigenvalue weighted by Crippen LogP contribution is 2.44. The van der Waals surface area contributed by atoms with Crippen molar-refractivity contribution in [3.05, 3.63) is 41.1 Å². The minimum absolute atomic E-state index is 0. The summed E-state index contributed by atoms with van der Waals surface area (Å²) in [6.07, 6.45) is 4.42. The normalized spacial score (nSPS) is 24.1. The summed E-state index contributed by atoms with van der Waals surface area (Å²) >= 11 is 0. The summed E-state index contributed by atoms with van der Waals surface area (Å²) in [5.41, 5.74) is 5.63. The van der Waals surface area contributed by atoms with E-state index in [1.165, 1.54) is 22.9 Å². The molecule has 0 saturated carbocycles. The zero-order chi connectivity index (χ0) is 12.1. The molecule has 2 unspecified atom stereocenters. The van der Waals surface area contributed by atoms with E-state index in [0.29, 0.717) is 0 Å². The molecular weight excluding hydrogens is 256 g/mol. The lowest BCUT2D eigenvalue weighted by atomic mass is 9.98. The van der Waals surface area contributed by atoms with Gasteiger partial charge in [-0.15, -0.1) is 12.4 Å². The van der Waals surface area contributed by atoms with E-state index in [4.69, 9.17) is 0 Å². The highest BCUT2D eigenvalue weighted by atomic mass is 35.5. The largest absolute Gasteiger partial charge is 0.316 e. The number of aryl methyl sites for hydroxylation is 1. The van der Waals surface area contributed by atoms with E-state index in [2.05, 4.69) is 35.4 Å². The van der Waals surface area contributed by atoms with E-state index in [0.717, 1.165) is 31.3 Å². The highest BCUT2D eigenvalue weighted by molar-refractivity contribution is 5.85. The summed E-state index contributed by atoms with van der Waals surface area (Å²) in [7, 11) is 0. The van der Waals surface area contributed by atoms with Crippen molar-refractivity contribution in [2.45, 2.75) is 31.6 Å². The van der Waals surface area contributed by atoms with E-state index in [1.54, 1.807) is 11.1 Å². The Hall–Kier alpha value is -1.12. The van der Waals surface area contributed by atoms with Gasteiger partial charge in [-0.1, -0.05) is 6.92 Å². The molecule has 4 rings (SSSR count). The fraction of sp³-hybridized carbons (Fsp3) is 0.438. The minimum Gasteiger partial charge on any atom is -0.316 e. The van der Waals surface area contributed by atoms with Gasteiger partial charge in [0.15, 0.2) is 0 Å². The molecule has 0 amide bonds. The van der Waals surface area contributed by atoms with Gasteiger partial charge in [-0.25, -0.2) is 0 Å². The number of piperidine rings is 1. The van der Waals surface area contributed by atoms with Crippen LogP contribution in [0.1, 0.15) is 41.9 Å². The maximum atomic E-state index is 4.62. The predicted octanol–water partition coefficient (Wildman–Crippen LogP) is 3.39. The van der Waals surface area contributed by atoms with E-state index in [9.17, 15) is 0 Å². The van der Waals surface area contributed by atoms with Gasteiger partial charge in [0.2, 0.25) is 0 Å². The first-order valence-corrected chi connectivity index (χ1v) is 6.98. The molecule has 3 heteroatoms. The lowest BCUT2D eigenvalue weighted by Crippen LogP contribution is -2.28. The van der Waals surface area contributed by atoms with Crippen LogP contribution in [0.5, 0.6) is 0 Å². The summed E-state index contributed by atoms with van der Waals surface area (Å²) < 4.78 is 0. The van der Waals surface area contributed by atoms with Crippen molar-refractivity contribution >= 4 is 23.3 Å². The van der Waals surface area contributed by atoms with Crippen molar-refractivity contribution in [2.24, 2.45) is 0 Å². The molecule has 2 bridgehead atoms. The second-order valence-electron chi connectivity index (χ2n) is 5.66. The fourth-order valence-corrected chi connectivity index (χ4v) is 3.57. The lowest BCUT2D eigenvalue weighted by molar-refractivity contribution is 0.454. The van der Waals surface area contributed by atoms with Crippen LogP contribution in [0.25, 0.3) is 10.9 Å². The smallest absolute Gasteiger partial charge is 0.0705 e. The molecular formula is C16H19ClN2. The molecule has 100 valence electrons. The Morgan fingerprint density at radius 3 is 2.63 bits per heavy atom. The number of nitrogens with zero attached hydrogens (tertiary/aromatic N) is 1. The molecule has 1 aliphatic heterocycles. The Kier molecular flexibility index (Phi) is 3.23. The van der Waals surface area contributed by atoms with E-state index >= 15 is 0 Å². The van der Waals surface area contributed by atoms with Crippen LogP contribution in [0.4, 0.5) is 0 Å². The van der Waals surface area contributed by atoms with Crippen LogP contribution >= 0.6 is 12.4 Å². The third-order valence-electron chi connectivity index (χ3n) is 4.58. The molecule has 2 atom stereocenters. The first-order chi connectivity index (χ1) is 8.85. The van der Waals surface area contributed by atoms with E-state index in [-0.39, 0.29) is 12.4 Å². The van der Waals surface area contributed by atoms with Gasteiger partial charge in [0, 0.05) is 24.7 Å². The molecule has 2 heterocycles. The second kappa shape index (κ2) is 4.77. The van der Waals surface area contributed by atoms with Gasteiger partial charge in [0.05, 0.1) is 5.52 Å². The van der Waals surface area contributed by atoms with Gasteiger partial charge in [0.1, 0.15) is 0 Å². The van der Waals surface area contributed by atoms with Crippen LogP contribution < -0.4 is 5.32 Å². The van der Waals surface area contributed by atoms with Gasteiger partial charge in [-0.05, 0) is 59.6 Å². The number of nitrogens with one attached hydrogen (secondary N) is 1. The first kappa shape index (κ1) is 12.9. The molecule has 19 heavy (non-hydrogen) atoms. The Balaban J connectivity index is 0.00000110. The zero-order valence-corrected chi connectivity index (χ0v) is 12.0. The first-order valence-electron chi connectivity index (χ1n) is 6.98. The zero-order valence-electron chi connectivity index (χ0n) is 11.1. The van der Waals surface area contributed by atoms with Gasteiger partial charge < -0.3 is 5.32 Å². The van der Waals surface area contributed by atoms with Crippen LogP contribution in [-0.4, -0.2) is 18.1 Å². The van der Waals surface area contributed by atoms with Crippen LogP contribution in [0.15, 0.2) is 24.4 Å². The van der Waals surface area contributed by atoms with Crippen LogP contribution in [0.3, 0.4) is 0 Å². The van der Waals surface area contributed by atoms with Crippen LogP contribution in [0, 0.1) is 0 Å². The summed E-state index contributed by atoms with van der Waals surface area (Å²) in [6, 6.07) is 7.04. The Labute approximate surface area is 120 Å². The van der Waals surface area contributed by atoms with Crippen molar-refractivity contribution < 1.29 is 0 Å². The van der Waals surface area contributed by atoms with Crippen molar-refractivity contribution in [3.63, 3.8) is 0 Å². The summed E-state index contributed by atoms with van der Waals surface area (Å²) in [5, 5.41) is 4.87. The number of benzene rings is 1. The molecule has 1 aromatic heterocycles. The lowest BCUT2D eigenvalue weighted by Gasteiger charge is -2.19. The molecule has 2 aliphatic rings. The van der Waals surface area contributed by atoms with Crippen molar-refractivity contribution in [1.82, 2.24) is 10.3 Å². The molecule has 0 radical (unpaired) electrons. The highest BCUT2D eigenvalue weighted by Gasteiger charge is 2.34.